The van der Waals surface area contributed by atoms with Crippen LogP contribution < -0.4 is 0 Å². The lowest BCUT2D eigenvalue weighted by atomic mass is 9.78. The van der Waals surface area contributed by atoms with Gasteiger partial charge >= 0.3 is 0 Å². The molecule has 0 aliphatic heterocycles. The second-order valence-electron chi connectivity index (χ2n) is 4.50. The Balaban J connectivity index is 2.19. The molecule has 0 saturated heterocycles. The predicted molar refractivity (Wildman–Crippen MR) is 60.5 cm³/mol. The molecule has 0 radical (unpaired) electrons. The van der Waals surface area contributed by atoms with Gasteiger partial charge in [0.1, 0.15) is 17.8 Å². The van der Waals surface area contributed by atoms with E-state index in [0.29, 0.717) is 0 Å². The lowest BCUT2D eigenvalue weighted by Crippen LogP contribution is -2.15. The third-order valence-corrected chi connectivity index (χ3v) is 3.36. The van der Waals surface area contributed by atoms with Crippen molar-refractivity contribution in [3.63, 3.8) is 0 Å². The van der Waals surface area contributed by atoms with Gasteiger partial charge in [0, 0.05) is 12.0 Å². The van der Waals surface area contributed by atoms with Crippen molar-refractivity contribution >= 4 is 6.29 Å². The van der Waals surface area contributed by atoms with E-state index in [9.17, 15) is 15.0 Å². The van der Waals surface area contributed by atoms with E-state index in [1.165, 1.54) is 6.07 Å². The van der Waals surface area contributed by atoms with Crippen LogP contribution in [-0.4, -0.2) is 16.5 Å². The Kier molecular flexibility index (Phi) is 3.13. The first kappa shape index (κ1) is 11.0. The Labute approximate surface area is 94.7 Å². The lowest BCUT2D eigenvalue weighted by Gasteiger charge is -2.26. The van der Waals surface area contributed by atoms with Gasteiger partial charge < -0.3 is 15.0 Å². The molecule has 0 aromatic heterocycles. The zero-order valence-corrected chi connectivity index (χ0v) is 9.10. The third-order valence-electron chi connectivity index (χ3n) is 3.36. The minimum atomic E-state index is 0.0731. The number of phenolic OH excluding ortho intramolecular Hbond substituents is 2. The molecule has 3 heteroatoms. The highest BCUT2D eigenvalue weighted by Crippen LogP contribution is 2.39. The second-order valence-corrected chi connectivity index (χ2v) is 4.50. The number of aldehydes is 1. The summed E-state index contributed by atoms with van der Waals surface area (Å²) in [4.78, 5) is 10.8. The van der Waals surface area contributed by atoms with Crippen LogP contribution in [0.15, 0.2) is 18.2 Å². The summed E-state index contributed by atoms with van der Waals surface area (Å²) >= 11 is 0. The average Bonchev–Trinajstić information content (AvgIpc) is 2.29. The summed E-state index contributed by atoms with van der Waals surface area (Å²) < 4.78 is 0. The van der Waals surface area contributed by atoms with Gasteiger partial charge in [-0.25, -0.2) is 0 Å². The average molecular weight is 220 g/mol. The van der Waals surface area contributed by atoms with Gasteiger partial charge in [0.25, 0.3) is 0 Å². The summed E-state index contributed by atoms with van der Waals surface area (Å²) in [6, 6.07) is 4.70. The Hall–Kier alpha value is -1.51. The molecule has 3 nitrogen and oxygen atoms in total. The van der Waals surface area contributed by atoms with Gasteiger partial charge in [-0.15, -0.1) is 0 Å². The monoisotopic (exact) mass is 220 g/mol. The molecule has 1 aromatic carbocycles. The molecule has 1 aliphatic rings. The number of rotatable bonds is 2. The van der Waals surface area contributed by atoms with E-state index in [-0.39, 0.29) is 23.3 Å². The smallest absolute Gasteiger partial charge is 0.123 e. The number of carbonyl (C=O) groups excluding carboxylic acids is 1. The molecule has 0 bridgehead atoms. The van der Waals surface area contributed by atoms with Crippen LogP contribution in [0.1, 0.15) is 37.2 Å². The molecule has 16 heavy (non-hydrogen) atoms. The number of hydrogen-bond acceptors (Lipinski definition) is 3. The van der Waals surface area contributed by atoms with Crippen molar-refractivity contribution in [2.75, 3.05) is 0 Å². The first-order chi connectivity index (χ1) is 7.70. The summed E-state index contributed by atoms with van der Waals surface area (Å²) in [6.07, 6.45) is 4.81. The van der Waals surface area contributed by atoms with Crippen LogP contribution >= 0.6 is 0 Å². The minimum absolute atomic E-state index is 0.0731. The number of hydrogen-bond donors (Lipinski definition) is 2. The second kappa shape index (κ2) is 4.56. The van der Waals surface area contributed by atoms with E-state index in [1.54, 1.807) is 12.1 Å². The highest BCUT2D eigenvalue weighted by atomic mass is 16.3. The van der Waals surface area contributed by atoms with Crippen molar-refractivity contribution in [3.8, 4) is 11.5 Å². The Bertz CT molecular complexity index is 387. The Morgan fingerprint density at radius 2 is 2.06 bits per heavy atom. The van der Waals surface area contributed by atoms with Crippen molar-refractivity contribution in [1.82, 2.24) is 0 Å². The molecule has 0 heterocycles. The molecule has 1 aliphatic carbocycles. The Morgan fingerprint density at radius 3 is 2.75 bits per heavy atom. The molecule has 0 spiro atoms. The van der Waals surface area contributed by atoms with Gasteiger partial charge in [-0.1, -0.05) is 12.5 Å². The van der Waals surface area contributed by atoms with Gasteiger partial charge in [-0.3, -0.25) is 0 Å². The van der Waals surface area contributed by atoms with E-state index in [2.05, 4.69) is 0 Å². The van der Waals surface area contributed by atoms with Crippen molar-refractivity contribution in [1.29, 1.82) is 0 Å². The van der Waals surface area contributed by atoms with Gasteiger partial charge in [0.05, 0.1) is 0 Å². The first-order valence-electron chi connectivity index (χ1n) is 5.68. The quantitative estimate of drug-likeness (QED) is 0.753. The van der Waals surface area contributed by atoms with Gasteiger partial charge in [-0.2, -0.15) is 0 Å². The number of carbonyl (C=O) groups is 1. The van der Waals surface area contributed by atoms with Crippen LogP contribution in [0.5, 0.6) is 11.5 Å². The number of phenols is 2. The van der Waals surface area contributed by atoms with Crippen LogP contribution in [0.3, 0.4) is 0 Å². The third kappa shape index (κ3) is 2.18. The zero-order valence-electron chi connectivity index (χ0n) is 9.10. The molecule has 1 fully saturated rings. The maximum atomic E-state index is 10.8. The van der Waals surface area contributed by atoms with Crippen molar-refractivity contribution in [2.45, 2.75) is 31.6 Å². The van der Waals surface area contributed by atoms with Gasteiger partial charge in [-0.05, 0) is 36.8 Å². The van der Waals surface area contributed by atoms with E-state index in [4.69, 9.17) is 0 Å². The number of benzene rings is 1. The fourth-order valence-electron chi connectivity index (χ4n) is 2.51. The molecule has 1 aromatic rings. The molecule has 2 unspecified atom stereocenters. The van der Waals surface area contributed by atoms with E-state index in [1.807, 2.05) is 0 Å². The molecule has 0 amide bonds. The summed E-state index contributed by atoms with van der Waals surface area (Å²) in [5.41, 5.74) is 0.851. The molecule has 86 valence electrons. The molecular formula is C13H16O3. The summed E-state index contributed by atoms with van der Waals surface area (Å²) in [5, 5.41) is 19.0. The topological polar surface area (TPSA) is 57.5 Å². The molecule has 2 rings (SSSR count). The van der Waals surface area contributed by atoms with Crippen LogP contribution in [0.4, 0.5) is 0 Å². The SMILES string of the molecule is O=CC1CCCC(c2ccc(O)cc2O)C1. The molecule has 1 saturated carbocycles. The Morgan fingerprint density at radius 1 is 1.25 bits per heavy atom. The van der Waals surface area contributed by atoms with E-state index < -0.39 is 0 Å². The minimum Gasteiger partial charge on any atom is -0.508 e. The maximum absolute atomic E-state index is 10.8. The molecular weight excluding hydrogens is 204 g/mol. The standard InChI is InChI=1S/C13H16O3/c14-8-9-2-1-3-10(6-9)12-5-4-11(15)7-13(12)16/h4-5,7-10,15-16H,1-3,6H2. The highest BCUT2D eigenvalue weighted by Gasteiger charge is 2.24. The predicted octanol–water partition coefficient (Wildman–Crippen LogP) is 2.57. The van der Waals surface area contributed by atoms with Gasteiger partial charge in [0.2, 0.25) is 0 Å². The van der Waals surface area contributed by atoms with Gasteiger partial charge in [0.15, 0.2) is 0 Å². The van der Waals surface area contributed by atoms with Crippen molar-refractivity contribution < 1.29 is 15.0 Å². The fraction of sp³-hybridized carbons (Fsp3) is 0.462. The van der Waals surface area contributed by atoms with Crippen LogP contribution in [0, 0.1) is 5.92 Å². The van der Waals surface area contributed by atoms with Crippen LogP contribution in [0.2, 0.25) is 0 Å². The summed E-state index contributed by atoms with van der Waals surface area (Å²) in [7, 11) is 0. The van der Waals surface area contributed by atoms with Crippen LogP contribution in [0.25, 0.3) is 0 Å². The van der Waals surface area contributed by atoms with E-state index >= 15 is 0 Å². The van der Waals surface area contributed by atoms with Crippen molar-refractivity contribution in [2.24, 2.45) is 5.92 Å². The first-order valence-corrected chi connectivity index (χ1v) is 5.68. The highest BCUT2D eigenvalue weighted by molar-refractivity contribution is 5.54. The largest absolute Gasteiger partial charge is 0.508 e. The maximum Gasteiger partial charge on any atom is 0.123 e. The van der Waals surface area contributed by atoms with Crippen molar-refractivity contribution in [3.05, 3.63) is 23.8 Å². The number of aromatic hydroxyl groups is 2. The lowest BCUT2D eigenvalue weighted by molar-refractivity contribution is -0.112. The van der Waals surface area contributed by atoms with Crippen LogP contribution in [-0.2, 0) is 4.79 Å². The summed E-state index contributed by atoms with van der Waals surface area (Å²) in [5.74, 6) is 0.567. The fourth-order valence-corrected chi connectivity index (χ4v) is 2.51. The summed E-state index contributed by atoms with van der Waals surface area (Å²) in [6.45, 7) is 0. The van der Waals surface area contributed by atoms with E-state index in [0.717, 1.165) is 37.5 Å². The zero-order chi connectivity index (χ0) is 11.5. The molecule has 2 atom stereocenters. The normalized spacial score (nSPS) is 25.2. The molecule has 2 N–H and O–H groups in total.